The van der Waals surface area contributed by atoms with Gasteiger partial charge in [0.25, 0.3) is 0 Å². The van der Waals surface area contributed by atoms with Gasteiger partial charge in [0.2, 0.25) is 0 Å². The van der Waals surface area contributed by atoms with E-state index in [0.717, 1.165) is 0 Å². The van der Waals surface area contributed by atoms with Crippen LogP contribution in [-0.4, -0.2) is 54.7 Å². The summed E-state index contributed by atoms with van der Waals surface area (Å²) < 4.78 is 24.8. The summed E-state index contributed by atoms with van der Waals surface area (Å²) in [7, 11) is -2.17. The number of ether oxygens (including phenoxy) is 3. The van der Waals surface area contributed by atoms with Gasteiger partial charge in [0.15, 0.2) is 14.1 Å². The molecule has 35 heavy (non-hydrogen) atoms. The van der Waals surface area contributed by atoms with E-state index < -0.39 is 26.2 Å². The molecule has 2 aliphatic heterocycles. The second-order valence-corrected chi connectivity index (χ2v) is 16.6. The normalized spacial score (nSPS) is 29.0. The van der Waals surface area contributed by atoms with Gasteiger partial charge in [-0.3, -0.25) is 0 Å². The predicted molar refractivity (Wildman–Crippen MR) is 137 cm³/mol. The zero-order valence-corrected chi connectivity index (χ0v) is 23.4. The molecule has 1 unspecified atom stereocenters. The van der Waals surface area contributed by atoms with Crippen molar-refractivity contribution in [2.45, 2.75) is 116 Å². The fourth-order valence-electron chi connectivity index (χ4n) is 4.40. The Balaban J connectivity index is 2.01. The lowest BCUT2D eigenvalue weighted by Crippen LogP contribution is -2.44. The summed E-state index contributed by atoms with van der Waals surface area (Å²) in [6, 6.07) is 2.70. The zero-order valence-electron chi connectivity index (χ0n) is 22.4. The average Bonchev–Trinajstić information content (AvgIpc) is 2.97. The van der Waals surface area contributed by atoms with Crippen molar-refractivity contribution < 1.29 is 33.6 Å². The lowest BCUT2D eigenvalue weighted by atomic mass is 9.96. The Morgan fingerprint density at radius 1 is 1.11 bits per heavy atom. The Bertz CT molecular complexity index is 948. The van der Waals surface area contributed by atoms with E-state index in [1.165, 1.54) is 12.1 Å². The van der Waals surface area contributed by atoms with Crippen molar-refractivity contribution in [1.82, 2.24) is 0 Å². The van der Waals surface area contributed by atoms with Gasteiger partial charge in [0, 0.05) is 18.6 Å². The van der Waals surface area contributed by atoms with E-state index in [4.69, 9.17) is 18.6 Å². The second kappa shape index (κ2) is 10.2. The Kier molecular flexibility index (Phi) is 8.11. The Morgan fingerprint density at radius 3 is 2.46 bits per heavy atom. The first-order valence-corrected chi connectivity index (χ1v) is 15.4. The number of phenolic OH excluding ortho intramolecular Hbond substituents is 2. The molecule has 1 aromatic rings. The van der Waals surface area contributed by atoms with Gasteiger partial charge in [0.05, 0.1) is 6.10 Å². The van der Waals surface area contributed by atoms with Crippen LogP contribution in [0.3, 0.4) is 0 Å². The molecular formula is C27H42O7Si. The number of benzene rings is 1. The lowest BCUT2D eigenvalue weighted by Gasteiger charge is -2.40. The number of fused-ring (bicyclic) bond motifs is 2. The summed E-state index contributed by atoms with van der Waals surface area (Å²) >= 11 is 0. The molecule has 1 saturated heterocycles. The molecule has 0 aliphatic carbocycles. The molecule has 2 heterocycles. The van der Waals surface area contributed by atoms with Gasteiger partial charge in [-0.1, -0.05) is 32.9 Å². The van der Waals surface area contributed by atoms with Crippen LogP contribution in [0.15, 0.2) is 24.3 Å². The van der Waals surface area contributed by atoms with Crippen LogP contribution in [0.1, 0.15) is 76.7 Å². The average molecular weight is 507 g/mol. The monoisotopic (exact) mass is 506 g/mol. The molecule has 2 N–H and O–H groups in total. The number of carbonyl (C=O) groups is 1. The summed E-state index contributed by atoms with van der Waals surface area (Å²) in [4.78, 5) is 13.1. The molecule has 0 aromatic heterocycles. The summed E-state index contributed by atoms with van der Waals surface area (Å²) in [6.45, 7) is 16.6. The predicted octanol–water partition coefficient (Wildman–Crippen LogP) is 5.84. The van der Waals surface area contributed by atoms with Crippen LogP contribution in [-0.2, 0) is 25.1 Å². The van der Waals surface area contributed by atoms with Gasteiger partial charge in [-0.15, -0.1) is 0 Å². The van der Waals surface area contributed by atoms with E-state index >= 15 is 0 Å². The van der Waals surface area contributed by atoms with Crippen LogP contribution in [0.25, 0.3) is 0 Å². The van der Waals surface area contributed by atoms with Gasteiger partial charge in [0.1, 0.15) is 29.3 Å². The highest BCUT2D eigenvalue weighted by Gasteiger charge is 2.42. The molecule has 1 fully saturated rings. The molecule has 0 saturated carbocycles. The molecular weight excluding hydrogens is 464 g/mol. The molecule has 1 aromatic carbocycles. The van der Waals surface area contributed by atoms with Crippen LogP contribution < -0.4 is 0 Å². The Hall–Kier alpha value is -1.87. The van der Waals surface area contributed by atoms with Crippen LogP contribution >= 0.6 is 0 Å². The van der Waals surface area contributed by atoms with E-state index in [0.29, 0.717) is 31.2 Å². The summed E-state index contributed by atoms with van der Waals surface area (Å²) in [5.74, 6) is -1.70. The molecule has 4 atom stereocenters. The van der Waals surface area contributed by atoms with Crippen LogP contribution in [0.2, 0.25) is 18.1 Å². The lowest BCUT2D eigenvalue weighted by molar-refractivity contribution is -0.144. The minimum atomic E-state index is -2.17. The van der Waals surface area contributed by atoms with Crippen molar-refractivity contribution in [3.63, 3.8) is 0 Å². The molecule has 7 nitrogen and oxygen atoms in total. The maximum absolute atomic E-state index is 13.1. The fraction of sp³-hybridized carbons (Fsp3) is 0.667. The SMILES string of the molecule is C[C@H]1C/C=C/[C@H]2OC(C)(C)O[C@H]2CCC(O[Si](C)(C)C(C)(C)C)Cc2cc(O)cc(O)c2C(=O)O1. The van der Waals surface area contributed by atoms with Crippen LogP contribution in [0, 0.1) is 0 Å². The molecule has 3 rings (SSSR count). The maximum atomic E-state index is 13.1. The Labute approximate surface area is 210 Å². The van der Waals surface area contributed by atoms with Crippen molar-refractivity contribution in [2.75, 3.05) is 0 Å². The van der Waals surface area contributed by atoms with Crippen molar-refractivity contribution >= 4 is 14.3 Å². The van der Waals surface area contributed by atoms with Crippen molar-refractivity contribution in [3.05, 3.63) is 35.4 Å². The smallest absolute Gasteiger partial charge is 0.342 e. The molecule has 8 heteroatoms. The van der Waals surface area contributed by atoms with Crippen molar-refractivity contribution in [2.24, 2.45) is 0 Å². The number of aromatic hydroxyl groups is 2. The van der Waals surface area contributed by atoms with Gasteiger partial charge < -0.3 is 28.8 Å². The zero-order chi connectivity index (χ0) is 26.2. The Morgan fingerprint density at radius 2 is 1.80 bits per heavy atom. The standard InChI is InChI=1S/C27H42O7Si/c1-17-10-9-11-22-23(33-27(5,6)32-22)13-12-20(34-35(7,8)26(2,3)4)15-18-14-19(28)16-21(29)24(18)25(30)31-17/h9,11,14,16-17,20,22-23,28-29H,10,12-13,15H2,1-8H3/b11-9+/t17-,20?,22+,23-/m0/s1. The molecule has 0 spiro atoms. The molecule has 0 bridgehead atoms. The third kappa shape index (κ3) is 6.87. The van der Waals surface area contributed by atoms with E-state index in [9.17, 15) is 15.0 Å². The number of rotatable bonds is 2. The first-order chi connectivity index (χ1) is 16.1. The van der Waals surface area contributed by atoms with Crippen molar-refractivity contribution in [1.29, 1.82) is 0 Å². The number of cyclic esters (lactones) is 1. The van der Waals surface area contributed by atoms with Gasteiger partial charge >= 0.3 is 5.97 Å². The topological polar surface area (TPSA) is 94.5 Å². The number of carbonyl (C=O) groups excluding carboxylic acids is 1. The van der Waals surface area contributed by atoms with Gasteiger partial charge in [-0.25, -0.2) is 4.79 Å². The first kappa shape index (κ1) is 27.7. The highest BCUT2D eigenvalue weighted by Crippen LogP contribution is 2.40. The second-order valence-electron chi connectivity index (χ2n) is 11.8. The van der Waals surface area contributed by atoms with Crippen molar-refractivity contribution in [3.8, 4) is 11.5 Å². The molecule has 196 valence electrons. The highest BCUT2D eigenvalue weighted by atomic mass is 28.4. The van der Waals surface area contributed by atoms with Crippen LogP contribution in [0.5, 0.6) is 11.5 Å². The summed E-state index contributed by atoms with van der Waals surface area (Å²) in [5.41, 5.74) is 0.593. The maximum Gasteiger partial charge on any atom is 0.342 e. The third-order valence-electron chi connectivity index (χ3n) is 7.20. The van der Waals surface area contributed by atoms with E-state index in [-0.39, 0.29) is 40.4 Å². The first-order valence-electron chi connectivity index (χ1n) is 12.5. The minimum absolute atomic E-state index is 0.00945. The summed E-state index contributed by atoms with van der Waals surface area (Å²) in [5, 5.41) is 20.8. The van der Waals surface area contributed by atoms with E-state index in [1.807, 2.05) is 32.9 Å². The molecule has 0 amide bonds. The summed E-state index contributed by atoms with van der Waals surface area (Å²) in [6.07, 6.45) is 5.18. The highest BCUT2D eigenvalue weighted by molar-refractivity contribution is 6.74. The quantitative estimate of drug-likeness (QED) is 0.296. The number of hydrogen-bond donors (Lipinski definition) is 2. The molecule has 0 radical (unpaired) electrons. The molecule has 2 aliphatic rings. The van der Waals surface area contributed by atoms with Crippen LogP contribution in [0.4, 0.5) is 0 Å². The number of hydrogen-bond acceptors (Lipinski definition) is 7. The van der Waals surface area contributed by atoms with Gasteiger partial charge in [-0.2, -0.15) is 0 Å². The van der Waals surface area contributed by atoms with E-state index in [2.05, 4.69) is 33.9 Å². The van der Waals surface area contributed by atoms with Gasteiger partial charge in [-0.05, 0) is 69.8 Å². The minimum Gasteiger partial charge on any atom is -0.508 e. The number of esters is 1. The fourth-order valence-corrected chi connectivity index (χ4v) is 5.79. The largest absolute Gasteiger partial charge is 0.508 e. The number of phenols is 2. The third-order valence-corrected chi connectivity index (χ3v) is 11.7. The van der Waals surface area contributed by atoms with E-state index in [1.54, 1.807) is 0 Å².